The summed E-state index contributed by atoms with van der Waals surface area (Å²) in [5, 5.41) is 11.4. The molecule has 4 N–H and O–H groups in total. The SMILES string of the molecule is COC(=O)[C@H]1C/C=C\Cn2cc(c3ccccc32)CC(=O)N[C@@H](CCCCN=C(NC(=O)OC(C)(C)C)NC(=O)OC(C)(C)C)C(=O)N1. The summed E-state index contributed by atoms with van der Waals surface area (Å²) in [5.74, 6) is -1.62. The molecular weight excluding hydrogens is 620 g/mol. The number of para-hydroxylation sites is 1. The number of carbonyl (C=O) groups excluding carboxylic acids is 5. The topological polar surface area (TPSA) is 178 Å². The molecule has 48 heavy (non-hydrogen) atoms. The van der Waals surface area contributed by atoms with Crippen molar-refractivity contribution in [2.24, 2.45) is 4.99 Å². The van der Waals surface area contributed by atoms with Crippen LogP contribution in [0.15, 0.2) is 47.6 Å². The molecule has 4 amide bonds. The number of guanidine groups is 1. The van der Waals surface area contributed by atoms with E-state index in [1.807, 2.05) is 47.2 Å². The fourth-order valence-electron chi connectivity index (χ4n) is 4.91. The summed E-state index contributed by atoms with van der Waals surface area (Å²) in [6, 6.07) is 5.89. The molecule has 0 spiro atoms. The number of benzene rings is 1. The predicted molar refractivity (Wildman–Crippen MR) is 180 cm³/mol. The number of fused-ring (bicyclic) bond motifs is 5. The number of amides is 4. The van der Waals surface area contributed by atoms with E-state index in [1.165, 1.54) is 7.11 Å². The number of nitrogens with zero attached hydrogens (tertiary/aromatic N) is 2. The van der Waals surface area contributed by atoms with E-state index in [9.17, 15) is 24.0 Å². The largest absolute Gasteiger partial charge is 0.467 e. The molecule has 1 aliphatic rings. The van der Waals surface area contributed by atoms with E-state index < -0.39 is 47.3 Å². The van der Waals surface area contributed by atoms with Crippen molar-refractivity contribution in [2.45, 2.75) is 103 Å². The maximum absolute atomic E-state index is 13.4. The molecule has 1 aromatic carbocycles. The molecule has 0 unspecified atom stereocenters. The fraction of sp³-hybridized carbons (Fsp3) is 0.529. The van der Waals surface area contributed by atoms with Gasteiger partial charge in [0.25, 0.3) is 0 Å². The number of alkyl carbamates (subject to hydrolysis) is 2. The van der Waals surface area contributed by atoms with Gasteiger partial charge >= 0.3 is 18.2 Å². The Kier molecular flexibility index (Phi) is 13.1. The number of methoxy groups -OCH3 is 1. The lowest BCUT2D eigenvalue weighted by Crippen LogP contribution is -2.52. The van der Waals surface area contributed by atoms with Crippen LogP contribution >= 0.6 is 0 Å². The van der Waals surface area contributed by atoms with E-state index in [1.54, 1.807) is 41.5 Å². The Morgan fingerprint density at radius 3 is 2.21 bits per heavy atom. The Hall–Kier alpha value is -4.88. The van der Waals surface area contributed by atoms with Crippen LogP contribution in [0, 0.1) is 0 Å². The van der Waals surface area contributed by atoms with Crippen LogP contribution in [0.25, 0.3) is 10.9 Å². The number of allylic oxidation sites excluding steroid dienone is 1. The minimum atomic E-state index is -0.951. The van der Waals surface area contributed by atoms with E-state index in [-0.39, 0.29) is 37.7 Å². The molecule has 0 saturated carbocycles. The van der Waals surface area contributed by atoms with Gasteiger partial charge in [-0.2, -0.15) is 0 Å². The molecule has 0 fully saturated rings. The zero-order chi connectivity index (χ0) is 35.5. The van der Waals surface area contributed by atoms with Gasteiger partial charge in [0.05, 0.1) is 13.5 Å². The average molecular weight is 669 g/mol. The van der Waals surface area contributed by atoms with Gasteiger partial charge in [-0.3, -0.25) is 25.2 Å². The average Bonchev–Trinajstić information content (AvgIpc) is 3.31. The first kappa shape index (κ1) is 37.6. The number of nitrogens with one attached hydrogen (secondary N) is 4. The van der Waals surface area contributed by atoms with Gasteiger partial charge in [-0.25, -0.2) is 14.4 Å². The van der Waals surface area contributed by atoms with Crippen LogP contribution in [0.5, 0.6) is 0 Å². The minimum Gasteiger partial charge on any atom is -0.467 e. The van der Waals surface area contributed by atoms with Crippen molar-refractivity contribution in [3.05, 3.63) is 48.2 Å². The maximum Gasteiger partial charge on any atom is 0.414 e. The van der Waals surface area contributed by atoms with Gasteiger partial charge < -0.3 is 29.4 Å². The summed E-state index contributed by atoms with van der Waals surface area (Å²) >= 11 is 0. The zero-order valence-corrected chi connectivity index (χ0v) is 28.8. The first-order chi connectivity index (χ1) is 22.5. The number of aliphatic imine (C=N–C) groups is 1. The van der Waals surface area contributed by atoms with Gasteiger partial charge in [-0.15, -0.1) is 0 Å². The first-order valence-electron chi connectivity index (χ1n) is 16.0. The van der Waals surface area contributed by atoms with Gasteiger partial charge in [-0.1, -0.05) is 30.4 Å². The second-order valence-electron chi connectivity index (χ2n) is 13.4. The summed E-state index contributed by atoms with van der Waals surface area (Å²) in [7, 11) is 1.25. The molecular formula is C34H48N6O8. The summed E-state index contributed by atoms with van der Waals surface area (Å²) in [4.78, 5) is 68.3. The molecule has 1 aromatic heterocycles. The summed E-state index contributed by atoms with van der Waals surface area (Å²) in [6.45, 7) is 10.9. The molecule has 2 atom stereocenters. The van der Waals surface area contributed by atoms with Crippen LogP contribution in [0.2, 0.25) is 0 Å². The summed E-state index contributed by atoms with van der Waals surface area (Å²) in [5.41, 5.74) is 0.241. The van der Waals surface area contributed by atoms with Crippen molar-refractivity contribution < 1.29 is 38.2 Å². The fourth-order valence-corrected chi connectivity index (χ4v) is 4.91. The highest BCUT2D eigenvalue weighted by molar-refractivity contribution is 6.01. The van der Waals surface area contributed by atoms with Crippen molar-refractivity contribution in [1.29, 1.82) is 0 Å². The monoisotopic (exact) mass is 668 g/mol. The quantitative estimate of drug-likeness (QED) is 0.0895. The molecule has 1 aliphatic heterocycles. The summed E-state index contributed by atoms with van der Waals surface area (Å²) in [6.07, 6.45) is 5.38. The van der Waals surface area contributed by atoms with Crippen molar-refractivity contribution in [3.63, 3.8) is 0 Å². The minimum absolute atomic E-state index is 0.0573. The molecule has 0 aliphatic carbocycles. The number of hydrogen-bond donors (Lipinski definition) is 4. The Morgan fingerprint density at radius 1 is 0.938 bits per heavy atom. The van der Waals surface area contributed by atoms with Gasteiger partial charge in [-0.05, 0) is 78.9 Å². The molecule has 2 aromatic rings. The third kappa shape index (κ3) is 12.4. The van der Waals surface area contributed by atoms with E-state index in [4.69, 9.17) is 14.2 Å². The third-order valence-corrected chi connectivity index (χ3v) is 6.93. The number of ether oxygens (including phenoxy) is 3. The van der Waals surface area contributed by atoms with Crippen LogP contribution in [0.4, 0.5) is 9.59 Å². The Labute approximate surface area is 281 Å². The van der Waals surface area contributed by atoms with E-state index in [0.717, 1.165) is 16.5 Å². The number of rotatable bonds is 6. The number of esters is 1. The molecule has 3 rings (SSSR count). The Bertz CT molecular complexity index is 1500. The maximum atomic E-state index is 13.4. The van der Waals surface area contributed by atoms with Crippen molar-refractivity contribution in [1.82, 2.24) is 25.8 Å². The highest BCUT2D eigenvalue weighted by Gasteiger charge is 2.27. The van der Waals surface area contributed by atoms with E-state index >= 15 is 0 Å². The molecule has 0 saturated heterocycles. The van der Waals surface area contributed by atoms with Gasteiger partial charge in [0.15, 0.2) is 0 Å². The van der Waals surface area contributed by atoms with Crippen LogP contribution in [-0.4, -0.2) is 77.4 Å². The second-order valence-corrected chi connectivity index (χ2v) is 13.4. The second kappa shape index (κ2) is 16.8. The molecule has 14 heteroatoms. The highest BCUT2D eigenvalue weighted by Crippen LogP contribution is 2.22. The Balaban J connectivity index is 1.74. The van der Waals surface area contributed by atoms with Crippen molar-refractivity contribution in [2.75, 3.05) is 13.7 Å². The number of hydrogen-bond acceptors (Lipinski definition) is 9. The first-order valence-corrected chi connectivity index (χ1v) is 16.0. The van der Waals surface area contributed by atoms with Crippen LogP contribution in [0.1, 0.15) is 72.8 Å². The normalized spacial score (nSPS) is 18.0. The third-order valence-electron chi connectivity index (χ3n) is 6.93. The Morgan fingerprint density at radius 2 is 1.58 bits per heavy atom. The molecule has 14 nitrogen and oxygen atoms in total. The van der Waals surface area contributed by atoms with Crippen LogP contribution < -0.4 is 21.3 Å². The van der Waals surface area contributed by atoms with Crippen molar-refractivity contribution in [3.8, 4) is 0 Å². The highest BCUT2D eigenvalue weighted by atomic mass is 16.6. The lowest BCUT2D eigenvalue weighted by molar-refractivity contribution is -0.145. The lowest BCUT2D eigenvalue weighted by atomic mass is 10.1. The number of aromatic nitrogens is 1. The van der Waals surface area contributed by atoms with Crippen molar-refractivity contribution >= 4 is 46.8 Å². The van der Waals surface area contributed by atoms with Gasteiger partial charge in [0.2, 0.25) is 17.8 Å². The molecule has 0 radical (unpaired) electrons. The van der Waals surface area contributed by atoms with E-state index in [2.05, 4.69) is 26.3 Å². The van der Waals surface area contributed by atoms with Crippen LogP contribution in [0.3, 0.4) is 0 Å². The smallest absolute Gasteiger partial charge is 0.414 e. The van der Waals surface area contributed by atoms with Gasteiger partial charge in [0.1, 0.15) is 23.3 Å². The molecule has 2 heterocycles. The van der Waals surface area contributed by atoms with E-state index in [0.29, 0.717) is 19.4 Å². The summed E-state index contributed by atoms with van der Waals surface area (Å²) < 4.78 is 17.5. The lowest BCUT2D eigenvalue weighted by Gasteiger charge is -2.22. The molecule has 262 valence electrons. The van der Waals surface area contributed by atoms with Gasteiger partial charge in [0, 0.05) is 30.2 Å². The number of carbonyl (C=O) groups is 5. The molecule has 2 bridgehead atoms. The number of unbranched alkanes of at least 4 members (excludes halogenated alkanes) is 1. The standard InChI is InChI=1S/C34H48N6O8/c1-33(2,3)47-31(44)38-30(39-32(45)48-34(4,5)6)35-18-12-10-15-24-28(42)37-25(29(43)46-7)16-11-13-19-40-21-22(20-27(41)36-24)23-14-8-9-17-26(23)40/h8-9,11,13-14,17,21,24-25H,10,12,15-16,18-20H2,1-7H3,(H,36,41)(H,37,42)(H2,35,38,39,44,45)/b13-11-/t24-,25+/m0/s1. The van der Waals surface area contributed by atoms with Crippen LogP contribution in [-0.2, 0) is 41.6 Å². The predicted octanol–water partition coefficient (Wildman–Crippen LogP) is 3.86. The zero-order valence-electron chi connectivity index (χ0n) is 28.8.